The summed E-state index contributed by atoms with van der Waals surface area (Å²) in [7, 11) is -1.86. The van der Waals surface area contributed by atoms with E-state index >= 15 is 0 Å². The van der Waals surface area contributed by atoms with Gasteiger partial charge in [0, 0.05) is 20.1 Å². The minimum absolute atomic E-state index is 0.318. The van der Waals surface area contributed by atoms with Gasteiger partial charge in [-0.15, -0.1) is 11.3 Å². The zero-order chi connectivity index (χ0) is 15.6. The maximum Gasteiger partial charge on any atom is 0.295 e. The number of rotatable bonds is 6. The largest absolute Gasteiger partial charge is 0.424 e. The van der Waals surface area contributed by atoms with Crippen molar-refractivity contribution in [3.8, 4) is 0 Å². The fourth-order valence-electron chi connectivity index (χ4n) is 1.95. The molecule has 0 bridgehead atoms. The van der Waals surface area contributed by atoms with E-state index in [4.69, 9.17) is 4.42 Å². The first kappa shape index (κ1) is 15.0. The van der Waals surface area contributed by atoms with Crippen molar-refractivity contribution in [2.45, 2.75) is 4.21 Å². The number of nitrogens with zero attached hydrogens (tertiary/aromatic N) is 2. The van der Waals surface area contributed by atoms with E-state index < -0.39 is 10.0 Å². The predicted octanol–water partition coefficient (Wildman–Crippen LogP) is 2.62. The van der Waals surface area contributed by atoms with Crippen molar-refractivity contribution in [3.05, 3.63) is 41.8 Å². The molecule has 0 aliphatic rings. The van der Waals surface area contributed by atoms with Crippen LogP contribution in [0.1, 0.15) is 0 Å². The van der Waals surface area contributed by atoms with E-state index in [9.17, 15) is 8.42 Å². The van der Waals surface area contributed by atoms with Crippen molar-refractivity contribution in [2.24, 2.45) is 0 Å². The van der Waals surface area contributed by atoms with Crippen LogP contribution in [0, 0.1) is 0 Å². The Labute approximate surface area is 132 Å². The third-order valence-corrected chi connectivity index (χ3v) is 6.39. The molecule has 0 amide bonds. The summed E-state index contributed by atoms with van der Waals surface area (Å²) < 4.78 is 31.7. The molecule has 22 heavy (non-hydrogen) atoms. The number of anilines is 1. The quantitative estimate of drug-likeness (QED) is 0.748. The molecule has 0 aliphatic heterocycles. The zero-order valence-corrected chi connectivity index (χ0v) is 13.5. The number of benzene rings is 1. The number of oxazole rings is 1. The first-order valence-corrected chi connectivity index (χ1v) is 8.98. The van der Waals surface area contributed by atoms with Crippen molar-refractivity contribution in [2.75, 3.05) is 25.5 Å². The number of sulfonamides is 1. The van der Waals surface area contributed by atoms with Gasteiger partial charge in [0.1, 0.15) is 9.73 Å². The molecule has 0 atom stereocenters. The number of aromatic nitrogens is 1. The lowest BCUT2D eigenvalue weighted by atomic mass is 10.3. The fourth-order valence-corrected chi connectivity index (χ4v) is 4.32. The van der Waals surface area contributed by atoms with Crippen molar-refractivity contribution < 1.29 is 12.8 Å². The minimum Gasteiger partial charge on any atom is -0.424 e. The lowest BCUT2D eigenvalue weighted by Crippen LogP contribution is -2.31. The first-order chi connectivity index (χ1) is 10.6. The highest BCUT2D eigenvalue weighted by molar-refractivity contribution is 7.91. The smallest absolute Gasteiger partial charge is 0.295 e. The summed E-state index contributed by atoms with van der Waals surface area (Å²) in [6.45, 7) is 0.729. The molecule has 0 fully saturated rings. The third-order valence-electron chi connectivity index (χ3n) is 3.16. The Kier molecular flexibility index (Phi) is 4.14. The molecule has 2 heterocycles. The summed E-state index contributed by atoms with van der Waals surface area (Å²) >= 11 is 1.21. The normalized spacial score (nSPS) is 12.1. The van der Waals surface area contributed by atoms with Crippen molar-refractivity contribution >= 4 is 38.5 Å². The van der Waals surface area contributed by atoms with Gasteiger partial charge in [-0.1, -0.05) is 18.2 Å². The van der Waals surface area contributed by atoms with Crippen molar-refractivity contribution in [1.29, 1.82) is 0 Å². The highest BCUT2D eigenvalue weighted by Crippen LogP contribution is 2.20. The topological polar surface area (TPSA) is 75.4 Å². The Morgan fingerprint density at radius 3 is 2.82 bits per heavy atom. The molecule has 0 saturated heterocycles. The van der Waals surface area contributed by atoms with Crippen LogP contribution in [0.4, 0.5) is 6.01 Å². The molecule has 6 nitrogen and oxygen atoms in total. The molecule has 2 aromatic heterocycles. The molecule has 116 valence electrons. The van der Waals surface area contributed by atoms with Gasteiger partial charge in [0.05, 0.1) is 0 Å². The van der Waals surface area contributed by atoms with E-state index in [1.165, 1.54) is 15.6 Å². The van der Waals surface area contributed by atoms with Crippen molar-refractivity contribution in [1.82, 2.24) is 9.29 Å². The third kappa shape index (κ3) is 2.99. The molecule has 3 aromatic rings. The monoisotopic (exact) mass is 337 g/mol. The van der Waals surface area contributed by atoms with E-state index in [2.05, 4.69) is 10.3 Å². The van der Waals surface area contributed by atoms with E-state index in [0.29, 0.717) is 28.9 Å². The molecular weight excluding hydrogens is 322 g/mol. The van der Waals surface area contributed by atoms with E-state index in [1.54, 1.807) is 24.6 Å². The van der Waals surface area contributed by atoms with E-state index in [-0.39, 0.29) is 0 Å². The number of para-hydroxylation sites is 2. The summed E-state index contributed by atoms with van der Waals surface area (Å²) in [5, 5.41) is 4.75. The molecular formula is C14H15N3O3S2. The van der Waals surface area contributed by atoms with Gasteiger partial charge in [-0.25, -0.2) is 8.42 Å². The van der Waals surface area contributed by atoms with Crippen LogP contribution in [0.2, 0.25) is 0 Å². The highest BCUT2D eigenvalue weighted by Gasteiger charge is 2.21. The standard InChI is InChI=1S/C14H15N3O3S2/c1-17(22(18,19)13-7-4-10-21-13)9-8-15-14-16-11-5-2-3-6-12(11)20-14/h2-7,10H,8-9H2,1H3,(H,15,16). The Bertz CT molecular complexity index is 823. The molecule has 1 aromatic carbocycles. The van der Waals surface area contributed by atoms with Gasteiger partial charge in [0.15, 0.2) is 5.58 Å². The summed E-state index contributed by atoms with van der Waals surface area (Å²) in [4.78, 5) is 4.28. The number of fused-ring (bicyclic) bond motifs is 1. The van der Waals surface area contributed by atoms with Gasteiger partial charge in [-0.2, -0.15) is 9.29 Å². The average Bonchev–Trinajstić information content (AvgIpc) is 3.16. The van der Waals surface area contributed by atoms with Gasteiger partial charge in [0.25, 0.3) is 16.0 Å². The van der Waals surface area contributed by atoms with Gasteiger partial charge in [-0.05, 0) is 23.6 Å². The SMILES string of the molecule is CN(CCNc1nc2ccccc2o1)S(=O)(=O)c1cccs1. The number of likely N-dealkylation sites (N-methyl/N-ethyl adjacent to an activating group) is 1. The first-order valence-electron chi connectivity index (χ1n) is 6.67. The zero-order valence-electron chi connectivity index (χ0n) is 11.9. The van der Waals surface area contributed by atoms with Gasteiger partial charge < -0.3 is 9.73 Å². The maximum absolute atomic E-state index is 12.2. The Morgan fingerprint density at radius 2 is 2.09 bits per heavy atom. The fraction of sp³-hybridized carbons (Fsp3) is 0.214. The van der Waals surface area contributed by atoms with Crippen molar-refractivity contribution in [3.63, 3.8) is 0 Å². The lowest BCUT2D eigenvalue weighted by Gasteiger charge is -2.15. The van der Waals surface area contributed by atoms with Gasteiger partial charge >= 0.3 is 0 Å². The molecule has 1 N–H and O–H groups in total. The van der Waals surface area contributed by atoms with Crippen LogP contribution in [0.3, 0.4) is 0 Å². The van der Waals surface area contributed by atoms with E-state index in [1.807, 2.05) is 24.3 Å². The van der Waals surface area contributed by atoms with Crippen LogP contribution < -0.4 is 5.32 Å². The Morgan fingerprint density at radius 1 is 1.27 bits per heavy atom. The molecule has 0 spiro atoms. The van der Waals surface area contributed by atoms with Crippen LogP contribution in [0.15, 0.2) is 50.4 Å². The second-order valence-corrected chi connectivity index (χ2v) is 7.89. The summed E-state index contributed by atoms with van der Waals surface area (Å²) in [6.07, 6.45) is 0. The summed E-state index contributed by atoms with van der Waals surface area (Å²) in [6, 6.07) is 11.2. The van der Waals surface area contributed by atoms with Crippen LogP contribution in [0.5, 0.6) is 0 Å². The summed E-state index contributed by atoms with van der Waals surface area (Å²) in [5.41, 5.74) is 1.47. The highest BCUT2D eigenvalue weighted by atomic mass is 32.2. The number of nitrogens with one attached hydrogen (secondary N) is 1. The molecule has 0 saturated carbocycles. The van der Waals surface area contributed by atoms with Gasteiger partial charge in [0.2, 0.25) is 0 Å². The number of hydrogen-bond acceptors (Lipinski definition) is 6. The minimum atomic E-state index is -3.41. The number of thiophene rings is 1. The van der Waals surface area contributed by atoms with Crippen LogP contribution in [-0.4, -0.2) is 37.8 Å². The summed E-state index contributed by atoms with van der Waals surface area (Å²) in [5.74, 6) is 0. The molecule has 0 aliphatic carbocycles. The Hall–Kier alpha value is -1.90. The van der Waals surface area contributed by atoms with Crippen LogP contribution in [0.25, 0.3) is 11.1 Å². The molecule has 0 unspecified atom stereocenters. The van der Waals surface area contributed by atoms with Crippen LogP contribution >= 0.6 is 11.3 Å². The maximum atomic E-state index is 12.2. The number of hydrogen-bond donors (Lipinski definition) is 1. The molecule has 0 radical (unpaired) electrons. The molecule has 8 heteroatoms. The Balaban J connectivity index is 1.61. The predicted molar refractivity (Wildman–Crippen MR) is 86.6 cm³/mol. The van der Waals surface area contributed by atoms with Crippen LogP contribution in [-0.2, 0) is 10.0 Å². The lowest BCUT2D eigenvalue weighted by molar-refractivity contribution is 0.479. The molecule has 3 rings (SSSR count). The average molecular weight is 337 g/mol. The second-order valence-electron chi connectivity index (χ2n) is 4.67. The van der Waals surface area contributed by atoms with Gasteiger partial charge in [-0.3, -0.25) is 0 Å². The van der Waals surface area contributed by atoms with E-state index in [0.717, 1.165) is 5.52 Å². The second kappa shape index (κ2) is 6.07.